The fraction of sp³-hybridized carbons (Fsp3) is 0.833. The SMILES string of the molecule is CC1(C)CC1NC(=O)N[C@H](C(=O)O)C(C)(C)C. The number of hydrogen-bond donors (Lipinski definition) is 3. The first-order valence-corrected chi connectivity index (χ1v) is 5.84. The van der Waals surface area contributed by atoms with Crippen molar-refractivity contribution < 1.29 is 14.7 Å². The largest absolute Gasteiger partial charge is 0.480 e. The van der Waals surface area contributed by atoms with Gasteiger partial charge in [-0.05, 0) is 17.3 Å². The lowest BCUT2D eigenvalue weighted by Crippen LogP contribution is -2.52. The van der Waals surface area contributed by atoms with Crippen LogP contribution in [0.1, 0.15) is 41.0 Å². The molecule has 2 atom stereocenters. The second kappa shape index (κ2) is 4.20. The molecular weight excluding hydrogens is 220 g/mol. The van der Waals surface area contributed by atoms with Crippen molar-refractivity contribution in [3.63, 3.8) is 0 Å². The molecule has 0 aromatic heterocycles. The first-order chi connectivity index (χ1) is 7.54. The maximum Gasteiger partial charge on any atom is 0.326 e. The average molecular weight is 242 g/mol. The molecule has 1 aliphatic rings. The molecule has 1 saturated carbocycles. The molecule has 5 heteroatoms. The monoisotopic (exact) mass is 242 g/mol. The third-order valence-corrected chi connectivity index (χ3v) is 3.21. The van der Waals surface area contributed by atoms with E-state index in [1.807, 2.05) is 0 Å². The number of amides is 2. The topological polar surface area (TPSA) is 78.4 Å². The van der Waals surface area contributed by atoms with Crippen LogP contribution in [0.4, 0.5) is 4.79 Å². The van der Waals surface area contributed by atoms with E-state index in [-0.39, 0.29) is 11.5 Å². The summed E-state index contributed by atoms with van der Waals surface area (Å²) in [5.41, 5.74) is -0.375. The van der Waals surface area contributed by atoms with Crippen molar-refractivity contribution in [1.29, 1.82) is 0 Å². The number of rotatable bonds is 3. The standard InChI is InChI=1S/C12H22N2O3/c1-11(2,3)8(9(15)16)14-10(17)13-7-6-12(7,4)5/h7-8H,6H2,1-5H3,(H,15,16)(H2,13,14,17)/t7?,8-/m1/s1. The third-order valence-electron chi connectivity index (χ3n) is 3.21. The van der Waals surface area contributed by atoms with Crippen LogP contribution in [-0.2, 0) is 4.79 Å². The molecule has 1 fully saturated rings. The Kier molecular flexibility index (Phi) is 3.41. The van der Waals surface area contributed by atoms with Gasteiger partial charge in [0.1, 0.15) is 6.04 Å². The average Bonchev–Trinajstić information content (AvgIpc) is 2.67. The molecule has 0 aliphatic heterocycles. The Bertz CT molecular complexity index is 331. The summed E-state index contributed by atoms with van der Waals surface area (Å²) in [7, 11) is 0. The highest BCUT2D eigenvalue weighted by Crippen LogP contribution is 2.44. The van der Waals surface area contributed by atoms with Crippen LogP contribution in [0.2, 0.25) is 0 Å². The van der Waals surface area contributed by atoms with Gasteiger partial charge in [0.2, 0.25) is 0 Å². The van der Waals surface area contributed by atoms with Crippen molar-refractivity contribution in [3.05, 3.63) is 0 Å². The second-order valence-corrected chi connectivity index (χ2v) is 6.50. The van der Waals surface area contributed by atoms with Gasteiger partial charge in [0.05, 0.1) is 0 Å². The number of carbonyl (C=O) groups is 2. The molecule has 0 aromatic carbocycles. The maximum absolute atomic E-state index is 11.7. The number of carbonyl (C=O) groups excluding carboxylic acids is 1. The highest BCUT2D eigenvalue weighted by atomic mass is 16.4. The van der Waals surface area contributed by atoms with Crippen LogP contribution in [0.5, 0.6) is 0 Å². The Labute approximate surface area is 102 Å². The zero-order valence-electron chi connectivity index (χ0n) is 11.1. The van der Waals surface area contributed by atoms with E-state index in [0.29, 0.717) is 0 Å². The van der Waals surface area contributed by atoms with Crippen LogP contribution in [0, 0.1) is 10.8 Å². The summed E-state index contributed by atoms with van der Waals surface area (Å²) in [6.07, 6.45) is 0.938. The van der Waals surface area contributed by atoms with E-state index in [2.05, 4.69) is 24.5 Å². The fourth-order valence-corrected chi connectivity index (χ4v) is 1.69. The number of carboxylic acid groups (broad SMARTS) is 1. The van der Waals surface area contributed by atoms with E-state index >= 15 is 0 Å². The zero-order chi connectivity index (χ0) is 13.4. The minimum atomic E-state index is -1.01. The van der Waals surface area contributed by atoms with Gasteiger partial charge in [-0.3, -0.25) is 0 Å². The van der Waals surface area contributed by atoms with Gasteiger partial charge in [0.25, 0.3) is 0 Å². The van der Waals surface area contributed by atoms with Crippen LogP contribution in [-0.4, -0.2) is 29.2 Å². The molecule has 0 spiro atoms. The minimum absolute atomic E-state index is 0.137. The lowest BCUT2D eigenvalue weighted by molar-refractivity contribution is -0.141. The number of nitrogens with one attached hydrogen (secondary N) is 2. The molecule has 2 amide bonds. The molecule has 1 unspecified atom stereocenters. The van der Waals surface area contributed by atoms with Gasteiger partial charge in [0.15, 0.2) is 0 Å². The van der Waals surface area contributed by atoms with Gasteiger partial charge >= 0.3 is 12.0 Å². The van der Waals surface area contributed by atoms with Crippen molar-refractivity contribution in [3.8, 4) is 0 Å². The number of urea groups is 1. The predicted molar refractivity (Wildman–Crippen MR) is 64.7 cm³/mol. The summed E-state index contributed by atoms with van der Waals surface area (Å²) in [5, 5.41) is 14.4. The smallest absolute Gasteiger partial charge is 0.326 e. The first kappa shape index (κ1) is 13.8. The number of carboxylic acids is 1. The van der Waals surface area contributed by atoms with Gasteiger partial charge in [-0.2, -0.15) is 0 Å². The summed E-state index contributed by atoms with van der Waals surface area (Å²) in [6.45, 7) is 9.49. The Morgan fingerprint density at radius 3 is 2.12 bits per heavy atom. The lowest BCUT2D eigenvalue weighted by atomic mass is 9.87. The highest BCUT2D eigenvalue weighted by molar-refractivity contribution is 5.83. The maximum atomic E-state index is 11.7. The van der Waals surface area contributed by atoms with Crippen LogP contribution >= 0.6 is 0 Å². The summed E-state index contributed by atoms with van der Waals surface area (Å²) < 4.78 is 0. The lowest BCUT2D eigenvalue weighted by Gasteiger charge is -2.27. The second-order valence-electron chi connectivity index (χ2n) is 6.50. The fourth-order valence-electron chi connectivity index (χ4n) is 1.69. The number of hydrogen-bond acceptors (Lipinski definition) is 2. The molecule has 0 aromatic rings. The van der Waals surface area contributed by atoms with E-state index in [9.17, 15) is 9.59 Å². The van der Waals surface area contributed by atoms with Gasteiger partial charge in [-0.1, -0.05) is 34.6 Å². The summed E-state index contributed by atoms with van der Waals surface area (Å²) in [4.78, 5) is 22.7. The Morgan fingerprint density at radius 1 is 1.35 bits per heavy atom. The molecule has 0 bridgehead atoms. The predicted octanol–water partition coefficient (Wildman–Crippen LogP) is 1.58. The van der Waals surface area contributed by atoms with E-state index in [1.165, 1.54) is 0 Å². The van der Waals surface area contributed by atoms with Crippen LogP contribution in [0.15, 0.2) is 0 Å². The number of aliphatic carboxylic acids is 1. The molecule has 0 saturated heterocycles. The van der Waals surface area contributed by atoms with Crippen molar-refractivity contribution in [2.45, 2.75) is 53.1 Å². The molecule has 0 heterocycles. The van der Waals surface area contributed by atoms with Crippen molar-refractivity contribution >= 4 is 12.0 Å². The van der Waals surface area contributed by atoms with Crippen LogP contribution < -0.4 is 10.6 Å². The summed E-state index contributed by atoms with van der Waals surface area (Å²) in [6, 6.07) is -1.14. The molecule has 5 nitrogen and oxygen atoms in total. The van der Waals surface area contributed by atoms with Crippen molar-refractivity contribution in [2.75, 3.05) is 0 Å². The van der Waals surface area contributed by atoms with E-state index in [4.69, 9.17) is 5.11 Å². The molecule has 17 heavy (non-hydrogen) atoms. The molecular formula is C12H22N2O3. The molecule has 1 rings (SSSR count). The van der Waals surface area contributed by atoms with E-state index < -0.39 is 23.5 Å². The summed E-state index contributed by atoms with van der Waals surface area (Å²) in [5.74, 6) is -1.01. The van der Waals surface area contributed by atoms with Gasteiger partial charge < -0.3 is 15.7 Å². The Morgan fingerprint density at radius 2 is 1.82 bits per heavy atom. The third kappa shape index (κ3) is 3.61. The van der Waals surface area contributed by atoms with Gasteiger partial charge in [0, 0.05) is 6.04 Å². The molecule has 0 radical (unpaired) electrons. The molecule has 3 N–H and O–H groups in total. The van der Waals surface area contributed by atoms with E-state index in [0.717, 1.165) is 6.42 Å². The van der Waals surface area contributed by atoms with Crippen molar-refractivity contribution in [2.24, 2.45) is 10.8 Å². The first-order valence-electron chi connectivity index (χ1n) is 5.84. The van der Waals surface area contributed by atoms with Gasteiger partial charge in [-0.25, -0.2) is 9.59 Å². The van der Waals surface area contributed by atoms with Gasteiger partial charge in [-0.15, -0.1) is 0 Å². The summed E-state index contributed by atoms with van der Waals surface area (Å²) >= 11 is 0. The van der Waals surface area contributed by atoms with Crippen molar-refractivity contribution in [1.82, 2.24) is 10.6 Å². The normalized spacial score (nSPS) is 23.7. The minimum Gasteiger partial charge on any atom is -0.480 e. The highest BCUT2D eigenvalue weighted by Gasteiger charge is 2.47. The van der Waals surface area contributed by atoms with Crippen LogP contribution in [0.3, 0.4) is 0 Å². The zero-order valence-corrected chi connectivity index (χ0v) is 11.1. The molecule has 98 valence electrons. The quantitative estimate of drug-likeness (QED) is 0.703. The molecule has 1 aliphatic carbocycles. The van der Waals surface area contributed by atoms with E-state index in [1.54, 1.807) is 20.8 Å². The Balaban J connectivity index is 2.51. The van der Waals surface area contributed by atoms with Crippen LogP contribution in [0.25, 0.3) is 0 Å². The Hall–Kier alpha value is -1.26.